The topological polar surface area (TPSA) is 31.5 Å². The second kappa shape index (κ2) is 4.85. The third-order valence-corrected chi connectivity index (χ3v) is 5.84. The van der Waals surface area contributed by atoms with Gasteiger partial charge in [0, 0.05) is 0 Å². The van der Waals surface area contributed by atoms with Crippen LogP contribution >= 0.6 is 0 Å². The summed E-state index contributed by atoms with van der Waals surface area (Å²) in [6.45, 7) is 16.6. The number of hydrogen-bond acceptors (Lipinski definition) is 0. The largest absolute Gasteiger partial charge is 0.412 e. The van der Waals surface area contributed by atoms with Crippen molar-refractivity contribution < 1.29 is 5.48 Å². The van der Waals surface area contributed by atoms with Crippen LogP contribution in [-0.4, -0.2) is 5.48 Å². The third kappa shape index (κ3) is 1.87. The molecule has 0 fully saturated rings. The van der Waals surface area contributed by atoms with E-state index in [4.69, 9.17) is 0 Å². The Kier molecular flexibility index (Phi) is 4.17. The van der Waals surface area contributed by atoms with Crippen LogP contribution in [0.5, 0.6) is 0 Å². The molecular weight excluding hydrogens is 220 g/mol. The highest BCUT2D eigenvalue weighted by Crippen LogP contribution is 2.61. The zero-order valence-electron chi connectivity index (χ0n) is 12.8. The van der Waals surface area contributed by atoms with Gasteiger partial charge in [0.1, 0.15) is 0 Å². The van der Waals surface area contributed by atoms with Gasteiger partial charge >= 0.3 is 0 Å². The van der Waals surface area contributed by atoms with Crippen LogP contribution < -0.4 is 0 Å². The highest BCUT2D eigenvalue weighted by atomic mass is 16.0. The second-order valence-corrected chi connectivity index (χ2v) is 7.02. The Balaban J connectivity index is 0.00000162. The number of rotatable bonds is 2. The van der Waals surface area contributed by atoms with E-state index >= 15 is 0 Å². The van der Waals surface area contributed by atoms with Crippen LogP contribution in [0.2, 0.25) is 0 Å². The molecule has 2 N–H and O–H groups in total. The summed E-state index contributed by atoms with van der Waals surface area (Å²) in [5, 5.41) is 0. The smallest absolute Gasteiger partial charge is 0.00818 e. The first-order valence-corrected chi connectivity index (χ1v) is 7.25. The van der Waals surface area contributed by atoms with Gasteiger partial charge in [0.2, 0.25) is 0 Å². The SMILES string of the molecule is C=C1C2=C(CCC2)C(C)(C)C(C)(C)C1CCC.O. The van der Waals surface area contributed by atoms with Gasteiger partial charge in [-0.2, -0.15) is 0 Å². The Hall–Kier alpha value is -0.560. The molecule has 0 aromatic rings. The molecule has 1 heteroatoms. The lowest BCUT2D eigenvalue weighted by molar-refractivity contribution is 0.0725. The van der Waals surface area contributed by atoms with Gasteiger partial charge in [0.25, 0.3) is 0 Å². The number of hydrogen-bond donors (Lipinski definition) is 0. The summed E-state index contributed by atoms with van der Waals surface area (Å²) >= 11 is 0. The molecule has 0 amide bonds. The summed E-state index contributed by atoms with van der Waals surface area (Å²) in [5.74, 6) is 0.680. The van der Waals surface area contributed by atoms with Crippen LogP contribution in [0, 0.1) is 16.7 Å². The lowest BCUT2D eigenvalue weighted by Gasteiger charge is -2.53. The van der Waals surface area contributed by atoms with Gasteiger partial charge in [-0.05, 0) is 53.6 Å². The van der Waals surface area contributed by atoms with Gasteiger partial charge in [-0.15, -0.1) is 0 Å². The lowest BCUT2D eigenvalue weighted by Crippen LogP contribution is -2.44. The summed E-state index contributed by atoms with van der Waals surface area (Å²) in [6.07, 6.45) is 6.51. The molecule has 0 heterocycles. The Morgan fingerprint density at radius 2 is 1.78 bits per heavy atom. The van der Waals surface area contributed by atoms with Crippen LogP contribution in [0.15, 0.2) is 23.3 Å². The predicted molar refractivity (Wildman–Crippen MR) is 79.6 cm³/mol. The summed E-state index contributed by atoms with van der Waals surface area (Å²) in [6, 6.07) is 0. The van der Waals surface area contributed by atoms with Crippen molar-refractivity contribution in [2.75, 3.05) is 0 Å². The number of allylic oxidation sites excluding steroid dienone is 3. The standard InChI is InChI=1S/C17H28.H2O/c1-7-9-14-12(2)13-10-8-11-15(13)17(5,6)16(14,3)4;/h14H,2,7-11H2,1,3-6H3;1H2. The quantitative estimate of drug-likeness (QED) is 0.681. The molecule has 2 aliphatic rings. The molecule has 0 aliphatic heterocycles. The van der Waals surface area contributed by atoms with Crippen molar-refractivity contribution in [1.82, 2.24) is 0 Å². The van der Waals surface area contributed by atoms with Gasteiger partial charge < -0.3 is 5.48 Å². The van der Waals surface area contributed by atoms with Gasteiger partial charge in [-0.25, -0.2) is 0 Å². The molecule has 0 aromatic heterocycles. The average Bonchev–Trinajstić information content (AvgIpc) is 2.72. The minimum Gasteiger partial charge on any atom is -0.412 e. The first kappa shape index (κ1) is 15.5. The van der Waals surface area contributed by atoms with Crippen LogP contribution in [0.1, 0.15) is 66.7 Å². The molecule has 0 spiro atoms. The van der Waals surface area contributed by atoms with E-state index in [2.05, 4.69) is 41.2 Å². The molecule has 0 radical (unpaired) electrons. The maximum absolute atomic E-state index is 4.46. The third-order valence-electron chi connectivity index (χ3n) is 5.84. The van der Waals surface area contributed by atoms with E-state index in [0.717, 1.165) is 0 Å². The van der Waals surface area contributed by atoms with E-state index in [0.29, 0.717) is 16.7 Å². The summed E-state index contributed by atoms with van der Waals surface area (Å²) in [5.41, 5.74) is 5.54. The normalized spacial score (nSPS) is 28.9. The summed E-state index contributed by atoms with van der Waals surface area (Å²) < 4.78 is 0. The Bertz CT molecular complexity index is 371. The first-order chi connectivity index (χ1) is 7.84. The maximum Gasteiger partial charge on any atom is -0.00818 e. The van der Waals surface area contributed by atoms with Crippen LogP contribution in [0.25, 0.3) is 0 Å². The van der Waals surface area contributed by atoms with Gasteiger partial charge in [0.05, 0.1) is 0 Å². The highest BCUT2D eigenvalue weighted by molar-refractivity contribution is 5.46. The summed E-state index contributed by atoms with van der Waals surface area (Å²) in [7, 11) is 0. The van der Waals surface area contributed by atoms with Gasteiger partial charge in [-0.3, -0.25) is 0 Å². The molecule has 0 aromatic carbocycles. The molecule has 2 rings (SSSR count). The van der Waals surface area contributed by atoms with E-state index in [1.54, 1.807) is 11.1 Å². The first-order valence-electron chi connectivity index (χ1n) is 7.25. The highest BCUT2D eigenvalue weighted by Gasteiger charge is 2.51. The molecule has 0 bridgehead atoms. The van der Waals surface area contributed by atoms with Gasteiger partial charge in [0.15, 0.2) is 0 Å². The molecule has 1 atom stereocenters. The van der Waals surface area contributed by atoms with Crippen molar-refractivity contribution in [1.29, 1.82) is 0 Å². The molecule has 0 saturated heterocycles. The van der Waals surface area contributed by atoms with Crippen LogP contribution in [0.3, 0.4) is 0 Å². The van der Waals surface area contributed by atoms with E-state index in [1.807, 2.05) is 0 Å². The van der Waals surface area contributed by atoms with E-state index in [-0.39, 0.29) is 5.48 Å². The lowest BCUT2D eigenvalue weighted by atomic mass is 9.51. The van der Waals surface area contributed by atoms with Crippen LogP contribution in [-0.2, 0) is 0 Å². The Morgan fingerprint density at radius 3 is 2.33 bits per heavy atom. The van der Waals surface area contributed by atoms with Crippen molar-refractivity contribution in [3.63, 3.8) is 0 Å². The molecule has 104 valence electrons. The fourth-order valence-corrected chi connectivity index (χ4v) is 4.08. The molecule has 0 saturated carbocycles. The van der Waals surface area contributed by atoms with E-state index in [9.17, 15) is 0 Å². The van der Waals surface area contributed by atoms with Crippen molar-refractivity contribution in [2.45, 2.75) is 66.7 Å². The second-order valence-electron chi connectivity index (χ2n) is 7.02. The van der Waals surface area contributed by atoms with Crippen molar-refractivity contribution >= 4 is 0 Å². The Labute approximate surface area is 113 Å². The fourth-order valence-electron chi connectivity index (χ4n) is 4.08. The predicted octanol–water partition coefficient (Wildman–Crippen LogP) is 4.68. The summed E-state index contributed by atoms with van der Waals surface area (Å²) in [4.78, 5) is 0. The van der Waals surface area contributed by atoms with Crippen molar-refractivity contribution in [3.8, 4) is 0 Å². The zero-order chi connectivity index (χ0) is 12.8. The molecular formula is C17H30O. The maximum atomic E-state index is 4.46. The molecule has 18 heavy (non-hydrogen) atoms. The minimum absolute atomic E-state index is 0. The van der Waals surface area contributed by atoms with Crippen molar-refractivity contribution in [2.24, 2.45) is 16.7 Å². The molecule has 2 aliphatic carbocycles. The Morgan fingerprint density at radius 1 is 1.17 bits per heavy atom. The zero-order valence-corrected chi connectivity index (χ0v) is 12.8. The van der Waals surface area contributed by atoms with Crippen LogP contribution in [0.4, 0.5) is 0 Å². The fraction of sp³-hybridized carbons (Fsp3) is 0.765. The average molecular weight is 250 g/mol. The molecule has 1 unspecified atom stereocenters. The monoisotopic (exact) mass is 250 g/mol. The van der Waals surface area contributed by atoms with E-state index in [1.165, 1.54) is 37.7 Å². The van der Waals surface area contributed by atoms with Crippen molar-refractivity contribution in [3.05, 3.63) is 23.3 Å². The van der Waals surface area contributed by atoms with E-state index < -0.39 is 0 Å². The molecule has 1 nitrogen and oxygen atoms in total. The minimum atomic E-state index is 0. The van der Waals surface area contributed by atoms with Gasteiger partial charge in [-0.1, -0.05) is 53.2 Å².